The van der Waals surface area contributed by atoms with E-state index in [-0.39, 0.29) is 35.6 Å². The molecule has 148 valence electrons. The number of hydrogen-bond donors (Lipinski definition) is 1. The van der Waals surface area contributed by atoms with Gasteiger partial charge in [0.15, 0.2) is 12.9 Å². The predicted molar refractivity (Wildman–Crippen MR) is 98.0 cm³/mol. The van der Waals surface area contributed by atoms with Crippen molar-refractivity contribution in [3.8, 4) is 5.75 Å². The van der Waals surface area contributed by atoms with Crippen molar-refractivity contribution in [2.45, 2.75) is 20.0 Å². The molecule has 0 radical (unpaired) electrons. The minimum absolute atomic E-state index is 0.0249. The summed E-state index contributed by atoms with van der Waals surface area (Å²) in [5.74, 6) is 0.345. The maximum Gasteiger partial charge on any atom is 0.270 e. The topological polar surface area (TPSA) is 111 Å². The zero-order valence-electron chi connectivity index (χ0n) is 15.6. The molecular formula is C18H25N3O6. The molecular weight excluding hydrogens is 354 g/mol. The van der Waals surface area contributed by atoms with Gasteiger partial charge in [0, 0.05) is 38.3 Å². The number of rotatable bonds is 9. The third-order valence-electron chi connectivity index (χ3n) is 4.06. The third-order valence-corrected chi connectivity index (χ3v) is 4.06. The maximum absolute atomic E-state index is 12.0. The summed E-state index contributed by atoms with van der Waals surface area (Å²) in [6, 6.07) is 3.64. The van der Waals surface area contributed by atoms with Gasteiger partial charge in [0.05, 0.1) is 23.2 Å². The lowest BCUT2D eigenvalue weighted by Crippen LogP contribution is -2.48. The SMILES string of the molecule is CC(C)CN1CCOC(CNC(=O)COc2ccc([N+](=O)[O-])cc2C=O)C1. The molecule has 1 aliphatic rings. The van der Waals surface area contributed by atoms with Crippen molar-refractivity contribution >= 4 is 17.9 Å². The minimum Gasteiger partial charge on any atom is -0.483 e. The molecule has 1 aromatic rings. The highest BCUT2D eigenvalue weighted by molar-refractivity contribution is 5.81. The number of carbonyl (C=O) groups excluding carboxylic acids is 2. The highest BCUT2D eigenvalue weighted by Gasteiger charge is 2.21. The molecule has 1 atom stereocenters. The Hall–Kier alpha value is -2.52. The van der Waals surface area contributed by atoms with E-state index < -0.39 is 4.92 Å². The Kier molecular flexibility index (Phi) is 7.68. The Balaban J connectivity index is 1.79. The van der Waals surface area contributed by atoms with Gasteiger partial charge in [-0.1, -0.05) is 13.8 Å². The molecule has 2 rings (SSSR count). The van der Waals surface area contributed by atoms with Crippen LogP contribution in [-0.2, 0) is 9.53 Å². The monoisotopic (exact) mass is 379 g/mol. The van der Waals surface area contributed by atoms with Crippen molar-refractivity contribution < 1.29 is 24.0 Å². The summed E-state index contributed by atoms with van der Waals surface area (Å²) in [4.78, 5) is 35.5. The lowest BCUT2D eigenvalue weighted by Gasteiger charge is -2.33. The molecule has 1 aliphatic heterocycles. The number of benzene rings is 1. The summed E-state index contributed by atoms with van der Waals surface area (Å²) in [5, 5.41) is 13.5. The zero-order valence-corrected chi connectivity index (χ0v) is 15.6. The van der Waals surface area contributed by atoms with E-state index in [9.17, 15) is 19.7 Å². The highest BCUT2D eigenvalue weighted by atomic mass is 16.6. The fourth-order valence-electron chi connectivity index (χ4n) is 2.88. The van der Waals surface area contributed by atoms with Gasteiger partial charge in [-0.25, -0.2) is 0 Å². The molecule has 1 amide bonds. The van der Waals surface area contributed by atoms with E-state index in [0.29, 0.717) is 25.4 Å². The summed E-state index contributed by atoms with van der Waals surface area (Å²) < 4.78 is 11.0. The molecule has 1 aromatic carbocycles. The van der Waals surface area contributed by atoms with Gasteiger partial charge in [-0.05, 0) is 12.0 Å². The van der Waals surface area contributed by atoms with Crippen molar-refractivity contribution in [3.05, 3.63) is 33.9 Å². The maximum atomic E-state index is 12.0. The molecule has 0 saturated carbocycles. The van der Waals surface area contributed by atoms with Gasteiger partial charge in [-0.2, -0.15) is 0 Å². The van der Waals surface area contributed by atoms with Crippen LogP contribution in [0.5, 0.6) is 5.75 Å². The zero-order chi connectivity index (χ0) is 19.8. The molecule has 9 heteroatoms. The van der Waals surface area contributed by atoms with Crippen molar-refractivity contribution in [2.75, 3.05) is 39.4 Å². The van der Waals surface area contributed by atoms with E-state index in [1.54, 1.807) is 0 Å². The average molecular weight is 379 g/mol. The third kappa shape index (κ3) is 6.61. The van der Waals surface area contributed by atoms with Gasteiger partial charge >= 0.3 is 0 Å². The number of aldehydes is 1. The van der Waals surface area contributed by atoms with Crippen LogP contribution in [0.15, 0.2) is 18.2 Å². The molecule has 9 nitrogen and oxygen atoms in total. The summed E-state index contributed by atoms with van der Waals surface area (Å²) >= 11 is 0. The summed E-state index contributed by atoms with van der Waals surface area (Å²) in [6.07, 6.45) is 0.380. The van der Waals surface area contributed by atoms with E-state index >= 15 is 0 Å². The number of non-ortho nitro benzene ring substituents is 1. The molecule has 1 fully saturated rings. The number of nitro groups is 1. The van der Waals surface area contributed by atoms with Crippen LogP contribution in [0, 0.1) is 16.0 Å². The number of hydrogen-bond acceptors (Lipinski definition) is 7. The van der Waals surface area contributed by atoms with Crippen molar-refractivity contribution in [2.24, 2.45) is 5.92 Å². The average Bonchev–Trinajstić information content (AvgIpc) is 2.64. The highest BCUT2D eigenvalue weighted by Crippen LogP contribution is 2.22. The van der Waals surface area contributed by atoms with Crippen LogP contribution in [0.4, 0.5) is 5.69 Å². The fraction of sp³-hybridized carbons (Fsp3) is 0.556. The number of amides is 1. The van der Waals surface area contributed by atoms with Crippen molar-refractivity contribution in [1.82, 2.24) is 10.2 Å². The molecule has 1 N–H and O–H groups in total. The van der Waals surface area contributed by atoms with Gasteiger partial charge in [0.2, 0.25) is 0 Å². The molecule has 1 unspecified atom stereocenters. The normalized spacial score (nSPS) is 17.5. The van der Waals surface area contributed by atoms with Crippen LogP contribution in [0.3, 0.4) is 0 Å². The Labute approximate surface area is 157 Å². The lowest BCUT2D eigenvalue weighted by molar-refractivity contribution is -0.384. The summed E-state index contributed by atoms with van der Waals surface area (Å²) in [6.45, 7) is 7.68. The summed E-state index contributed by atoms with van der Waals surface area (Å²) in [7, 11) is 0. The van der Waals surface area contributed by atoms with Crippen molar-refractivity contribution in [3.63, 3.8) is 0 Å². The quantitative estimate of drug-likeness (QED) is 0.390. The second-order valence-electron chi connectivity index (χ2n) is 6.84. The first-order chi connectivity index (χ1) is 12.9. The van der Waals surface area contributed by atoms with Gasteiger partial charge in [-0.3, -0.25) is 24.6 Å². The van der Waals surface area contributed by atoms with E-state index in [1.807, 2.05) is 0 Å². The number of nitrogens with zero attached hydrogens (tertiary/aromatic N) is 2. The van der Waals surface area contributed by atoms with E-state index in [0.717, 1.165) is 25.7 Å². The molecule has 27 heavy (non-hydrogen) atoms. The number of nitrogens with one attached hydrogen (secondary N) is 1. The number of carbonyl (C=O) groups is 2. The van der Waals surface area contributed by atoms with Crippen LogP contribution < -0.4 is 10.1 Å². The molecule has 1 heterocycles. The molecule has 1 saturated heterocycles. The van der Waals surface area contributed by atoms with Crippen LogP contribution in [0.25, 0.3) is 0 Å². The fourth-order valence-corrected chi connectivity index (χ4v) is 2.88. The predicted octanol–water partition coefficient (Wildman–Crippen LogP) is 1.26. The van der Waals surface area contributed by atoms with Gasteiger partial charge in [0.25, 0.3) is 11.6 Å². The first-order valence-electron chi connectivity index (χ1n) is 8.86. The number of ether oxygens (including phenoxy) is 2. The smallest absolute Gasteiger partial charge is 0.270 e. The van der Waals surface area contributed by atoms with Crippen LogP contribution in [0.1, 0.15) is 24.2 Å². The number of morpholine rings is 1. The second kappa shape index (κ2) is 9.98. The van der Waals surface area contributed by atoms with Gasteiger partial charge < -0.3 is 14.8 Å². The molecule has 0 bridgehead atoms. The Morgan fingerprint density at radius 1 is 1.52 bits per heavy atom. The van der Waals surface area contributed by atoms with Crippen LogP contribution >= 0.6 is 0 Å². The van der Waals surface area contributed by atoms with Crippen LogP contribution in [0.2, 0.25) is 0 Å². The first-order valence-corrected chi connectivity index (χ1v) is 8.86. The van der Waals surface area contributed by atoms with Crippen molar-refractivity contribution in [1.29, 1.82) is 0 Å². The van der Waals surface area contributed by atoms with Gasteiger partial charge in [0.1, 0.15) is 5.75 Å². The molecule has 0 aliphatic carbocycles. The Morgan fingerprint density at radius 2 is 2.30 bits per heavy atom. The van der Waals surface area contributed by atoms with Crippen LogP contribution in [-0.4, -0.2) is 67.5 Å². The second-order valence-corrected chi connectivity index (χ2v) is 6.84. The lowest BCUT2D eigenvalue weighted by atomic mass is 10.2. The Morgan fingerprint density at radius 3 is 2.96 bits per heavy atom. The largest absolute Gasteiger partial charge is 0.483 e. The number of nitro benzene ring substituents is 1. The Bertz CT molecular complexity index is 679. The van der Waals surface area contributed by atoms with E-state index in [2.05, 4.69) is 24.1 Å². The standard InChI is InChI=1S/C18H25N3O6/c1-13(2)9-20-5-6-26-16(10-20)8-19-18(23)12-27-17-4-3-15(21(24)25)7-14(17)11-22/h3-4,7,11,13,16H,5-6,8-10,12H2,1-2H3,(H,19,23). The summed E-state index contributed by atoms with van der Waals surface area (Å²) in [5.41, 5.74) is -0.189. The minimum atomic E-state index is -0.601. The first kappa shape index (κ1) is 20.8. The van der Waals surface area contributed by atoms with E-state index in [4.69, 9.17) is 9.47 Å². The molecule has 0 spiro atoms. The molecule has 0 aromatic heterocycles. The van der Waals surface area contributed by atoms with Gasteiger partial charge in [-0.15, -0.1) is 0 Å². The van der Waals surface area contributed by atoms with E-state index in [1.165, 1.54) is 12.1 Å².